The van der Waals surface area contributed by atoms with E-state index >= 15 is 0 Å². The smallest absolute Gasteiger partial charge is 0.225 e. The lowest BCUT2D eigenvalue weighted by Crippen LogP contribution is -2.44. The average molecular weight is 360 g/mol. The Morgan fingerprint density at radius 2 is 2.17 bits per heavy atom. The predicted molar refractivity (Wildman–Crippen MR) is 82.9 cm³/mol. The summed E-state index contributed by atoms with van der Waals surface area (Å²) >= 11 is 2.24. The minimum atomic E-state index is 0.591. The van der Waals surface area contributed by atoms with E-state index in [4.69, 9.17) is 0 Å². The van der Waals surface area contributed by atoms with E-state index in [-0.39, 0.29) is 0 Å². The first-order valence-corrected chi connectivity index (χ1v) is 7.83. The molecule has 18 heavy (non-hydrogen) atoms. The number of piperidine rings is 1. The Kier molecular flexibility index (Phi) is 5.62. The van der Waals surface area contributed by atoms with Gasteiger partial charge >= 0.3 is 0 Å². The monoisotopic (exact) mass is 360 g/mol. The van der Waals surface area contributed by atoms with Gasteiger partial charge in [-0.3, -0.25) is 0 Å². The van der Waals surface area contributed by atoms with E-state index in [1.165, 1.54) is 19.3 Å². The van der Waals surface area contributed by atoms with Crippen LogP contribution in [0.3, 0.4) is 0 Å². The van der Waals surface area contributed by atoms with Gasteiger partial charge < -0.3 is 10.2 Å². The number of rotatable bonds is 5. The molecule has 100 valence electrons. The first-order chi connectivity index (χ1) is 8.79. The van der Waals surface area contributed by atoms with Crippen LogP contribution >= 0.6 is 22.6 Å². The quantitative estimate of drug-likeness (QED) is 0.819. The summed E-state index contributed by atoms with van der Waals surface area (Å²) in [4.78, 5) is 11.2. The van der Waals surface area contributed by atoms with Crippen molar-refractivity contribution in [1.29, 1.82) is 0 Å². The van der Waals surface area contributed by atoms with Crippen LogP contribution in [0.4, 0.5) is 5.95 Å². The third kappa shape index (κ3) is 4.05. The van der Waals surface area contributed by atoms with Crippen LogP contribution in [0.1, 0.15) is 32.6 Å². The number of nitrogens with one attached hydrogen (secondary N) is 1. The van der Waals surface area contributed by atoms with Crippen LogP contribution in [-0.4, -0.2) is 35.6 Å². The average Bonchev–Trinajstić information content (AvgIpc) is 2.40. The second-order valence-corrected chi connectivity index (χ2v) is 6.04. The molecule has 2 rings (SSSR count). The zero-order chi connectivity index (χ0) is 12.8. The number of hydrogen-bond acceptors (Lipinski definition) is 4. The Balaban J connectivity index is 2.00. The third-order valence-corrected chi connectivity index (χ3v) is 3.79. The molecule has 1 aromatic rings. The molecule has 1 atom stereocenters. The molecule has 0 radical (unpaired) electrons. The first kappa shape index (κ1) is 14.0. The van der Waals surface area contributed by atoms with Crippen LogP contribution in [0.5, 0.6) is 0 Å². The molecular weight excluding hydrogens is 339 g/mol. The normalized spacial score (nSPS) is 19.8. The lowest BCUT2D eigenvalue weighted by molar-refractivity contribution is 0.397. The highest BCUT2D eigenvalue weighted by atomic mass is 127. The fourth-order valence-corrected chi connectivity index (χ4v) is 2.64. The summed E-state index contributed by atoms with van der Waals surface area (Å²) in [6.45, 7) is 5.40. The first-order valence-electron chi connectivity index (χ1n) is 6.75. The van der Waals surface area contributed by atoms with Crippen molar-refractivity contribution in [3.8, 4) is 0 Å². The van der Waals surface area contributed by atoms with Crippen molar-refractivity contribution in [2.75, 3.05) is 24.5 Å². The molecule has 1 N–H and O–H groups in total. The van der Waals surface area contributed by atoms with E-state index in [0.717, 1.165) is 35.6 Å². The van der Waals surface area contributed by atoms with Gasteiger partial charge in [-0.1, -0.05) is 13.3 Å². The molecule has 1 fully saturated rings. The van der Waals surface area contributed by atoms with Gasteiger partial charge in [-0.15, -0.1) is 0 Å². The Morgan fingerprint density at radius 3 is 2.78 bits per heavy atom. The predicted octanol–water partition coefficient (Wildman–Crippen LogP) is 2.44. The number of hydrogen-bond donors (Lipinski definition) is 1. The Morgan fingerprint density at radius 1 is 1.39 bits per heavy atom. The van der Waals surface area contributed by atoms with E-state index in [9.17, 15) is 0 Å². The van der Waals surface area contributed by atoms with Gasteiger partial charge in [-0.25, -0.2) is 9.97 Å². The summed E-state index contributed by atoms with van der Waals surface area (Å²) < 4.78 is 1.09. The van der Waals surface area contributed by atoms with Gasteiger partial charge in [-0.05, 0) is 48.4 Å². The maximum Gasteiger partial charge on any atom is 0.225 e. The molecule has 4 nitrogen and oxygen atoms in total. The van der Waals surface area contributed by atoms with Crippen LogP contribution < -0.4 is 10.2 Å². The third-order valence-electron chi connectivity index (χ3n) is 3.24. The summed E-state index contributed by atoms with van der Waals surface area (Å²) in [6.07, 6.45) is 8.82. The minimum Gasteiger partial charge on any atom is -0.339 e. The molecule has 1 unspecified atom stereocenters. The zero-order valence-corrected chi connectivity index (χ0v) is 13.1. The molecule has 1 aliphatic heterocycles. The molecule has 1 aromatic heterocycles. The Bertz CT molecular complexity index is 349. The van der Waals surface area contributed by atoms with Crippen LogP contribution in [0, 0.1) is 3.57 Å². The fourth-order valence-electron chi connectivity index (χ4n) is 2.36. The second kappa shape index (κ2) is 7.23. The van der Waals surface area contributed by atoms with Gasteiger partial charge in [-0.2, -0.15) is 0 Å². The summed E-state index contributed by atoms with van der Waals surface area (Å²) in [7, 11) is 0. The Hall–Kier alpha value is -0.430. The largest absolute Gasteiger partial charge is 0.339 e. The van der Waals surface area contributed by atoms with Gasteiger partial charge in [0.15, 0.2) is 0 Å². The minimum absolute atomic E-state index is 0.591. The van der Waals surface area contributed by atoms with E-state index in [1.54, 1.807) is 0 Å². The lowest BCUT2D eigenvalue weighted by Gasteiger charge is -2.30. The lowest BCUT2D eigenvalue weighted by atomic mass is 10.0. The van der Waals surface area contributed by atoms with E-state index in [2.05, 4.69) is 49.7 Å². The number of aromatic nitrogens is 2. The number of halogens is 1. The highest BCUT2D eigenvalue weighted by Crippen LogP contribution is 2.13. The maximum atomic E-state index is 4.44. The van der Waals surface area contributed by atoms with Crippen molar-refractivity contribution < 1.29 is 0 Å². The summed E-state index contributed by atoms with van der Waals surface area (Å²) in [5, 5.41) is 3.59. The molecule has 0 bridgehead atoms. The van der Waals surface area contributed by atoms with Crippen LogP contribution in [0.2, 0.25) is 0 Å². The van der Waals surface area contributed by atoms with Gasteiger partial charge in [0, 0.05) is 35.1 Å². The zero-order valence-electron chi connectivity index (χ0n) is 10.9. The van der Waals surface area contributed by atoms with E-state index < -0.39 is 0 Å². The highest BCUT2D eigenvalue weighted by molar-refractivity contribution is 14.1. The molecular formula is C13H21IN4. The van der Waals surface area contributed by atoms with E-state index in [0.29, 0.717) is 6.04 Å². The molecule has 1 aliphatic rings. The number of nitrogens with zero attached hydrogens (tertiary/aromatic N) is 3. The van der Waals surface area contributed by atoms with Crippen molar-refractivity contribution in [3.63, 3.8) is 0 Å². The van der Waals surface area contributed by atoms with Crippen molar-refractivity contribution >= 4 is 28.5 Å². The van der Waals surface area contributed by atoms with Crippen LogP contribution in [0.15, 0.2) is 12.4 Å². The van der Waals surface area contributed by atoms with Crippen molar-refractivity contribution in [2.24, 2.45) is 0 Å². The van der Waals surface area contributed by atoms with E-state index in [1.807, 2.05) is 12.4 Å². The maximum absolute atomic E-state index is 4.44. The topological polar surface area (TPSA) is 41.0 Å². The molecule has 0 spiro atoms. The standard InChI is InChI=1S/C13H21IN4/c1-2-7-18(10-12-5-3-4-6-15-12)13-16-8-11(14)9-17-13/h8-9,12,15H,2-7,10H2,1H3. The molecule has 5 heteroatoms. The van der Waals surface area contributed by atoms with Crippen molar-refractivity contribution in [1.82, 2.24) is 15.3 Å². The van der Waals surface area contributed by atoms with Gasteiger partial charge in [0.1, 0.15) is 0 Å². The van der Waals surface area contributed by atoms with Gasteiger partial charge in [0.25, 0.3) is 0 Å². The van der Waals surface area contributed by atoms with Gasteiger partial charge in [0.2, 0.25) is 5.95 Å². The molecule has 0 aliphatic carbocycles. The summed E-state index contributed by atoms with van der Waals surface area (Å²) in [5.74, 6) is 0.865. The molecule has 1 saturated heterocycles. The van der Waals surface area contributed by atoms with Crippen molar-refractivity contribution in [3.05, 3.63) is 16.0 Å². The Labute approximate surface area is 123 Å². The van der Waals surface area contributed by atoms with Crippen LogP contribution in [0.25, 0.3) is 0 Å². The summed E-state index contributed by atoms with van der Waals surface area (Å²) in [6, 6.07) is 0.591. The summed E-state index contributed by atoms with van der Waals surface area (Å²) in [5.41, 5.74) is 0. The molecule has 2 heterocycles. The van der Waals surface area contributed by atoms with Crippen molar-refractivity contribution in [2.45, 2.75) is 38.6 Å². The SMILES string of the molecule is CCCN(CC1CCCCN1)c1ncc(I)cn1. The molecule has 0 amide bonds. The van der Waals surface area contributed by atoms with Gasteiger partial charge in [0.05, 0.1) is 0 Å². The second-order valence-electron chi connectivity index (χ2n) is 4.79. The number of anilines is 1. The molecule has 0 saturated carbocycles. The van der Waals surface area contributed by atoms with Crippen LogP contribution in [-0.2, 0) is 0 Å². The molecule has 0 aromatic carbocycles. The highest BCUT2D eigenvalue weighted by Gasteiger charge is 2.17. The fraction of sp³-hybridized carbons (Fsp3) is 0.692.